The minimum atomic E-state index is -0.586. The van der Waals surface area contributed by atoms with E-state index in [1.54, 1.807) is 14.2 Å². The van der Waals surface area contributed by atoms with Crippen LogP contribution in [0.15, 0.2) is 30.3 Å². The van der Waals surface area contributed by atoms with Gasteiger partial charge in [-0.2, -0.15) is 0 Å². The molecule has 8 heteroatoms. The van der Waals surface area contributed by atoms with Gasteiger partial charge in [0.15, 0.2) is 11.5 Å². The van der Waals surface area contributed by atoms with Crippen molar-refractivity contribution in [1.29, 1.82) is 0 Å². The number of methoxy groups -OCH3 is 2. The summed E-state index contributed by atoms with van der Waals surface area (Å²) in [4.78, 5) is 13.2. The topological polar surface area (TPSA) is 81.7 Å². The van der Waals surface area contributed by atoms with Gasteiger partial charge in [0, 0.05) is 36.7 Å². The van der Waals surface area contributed by atoms with Crippen LogP contribution in [0.4, 0.5) is 0 Å². The maximum absolute atomic E-state index is 13.2. The molecule has 3 heterocycles. The van der Waals surface area contributed by atoms with Crippen LogP contribution < -0.4 is 14.2 Å². The molecule has 0 amide bonds. The minimum absolute atomic E-state index is 0.118. The summed E-state index contributed by atoms with van der Waals surface area (Å²) < 4.78 is 40.7. The zero-order valence-corrected chi connectivity index (χ0v) is 21.6. The van der Waals surface area contributed by atoms with Crippen LogP contribution in [0.3, 0.4) is 0 Å². The van der Waals surface area contributed by atoms with E-state index in [1.165, 1.54) is 0 Å². The first-order valence-corrected chi connectivity index (χ1v) is 12.4. The molecular weight excluding hydrogens is 476 g/mol. The molecule has 3 aromatic rings. The smallest absolute Gasteiger partial charge is 0.339 e. The standard InChI is InChI=1S/C29H30O8/c1-14-8-18-19(9-15(14)2)27(37-29-16(3)26(32-5)23(31-4)12-34-29)20-11-33-28(30)25(20)24(18)17-6-7-21-22(10-17)36-13-35-21/h6-10,16,23,26,29H,11-13H2,1-5H3/t16-,23-,26-,29+/m1/s1. The average Bonchev–Trinajstić information content (AvgIpc) is 3.52. The fourth-order valence-corrected chi connectivity index (χ4v) is 5.59. The number of fused-ring (bicyclic) bond motifs is 3. The van der Waals surface area contributed by atoms with E-state index in [4.69, 9.17) is 33.2 Å². The third kappa shape index (κ3) is 3.82. The molecule has 1 fully saturated rings. The van der Waals surface area contributed by atoms with Crippen molar-refractivity contribution in [3.8, 4) is 28.4 Å². The Morgan fingerprint density at radius 1 is 0.892 bits per heavy atom. The Kier molecular flexibility index (Phi) is 5.98. The van der Waals surface area contributed by atoms with E-state index in [0.29, 0.717) is 35.0 Å². The fourth-order valence-electron chi connectivity index (χ4n) is 5.59. The van der Waals surface area contributed by atoms with Crippen LogP contribution >= 0.6 is 0 Å². The van der Waals surface area contributed by atoms with E-state index in [-0.39, 0.29) is 37.5 Å². The molecule has 4 atom stereocenters. The Labute approximate surface area is 215 Å². The Hall–Kier alpha value is -3.33. The number of carbonyl (C=O) groups is 1. The second-order valence-electron chi connectivity index (χ2n) is 9.84. The second-order valence-corrected chi connectivity index (χ2v) is 9.84. The van der Waals surface area contributed by atoms with Gasteiger partial charge in [-0.25, -0.2) is 4.79 Å². The molecule has 1 saturated heterocycles. The molecule has 0 aliphatic carbocycles. The second kappa shape index (κ2) is 9.20. The lowest BCUT2D eigenvalue weighted by Gasteiger charge is -2.39. The van der Waals surface area contributed by atoms with Crippen molar-refractivity contribution in [2.24, 2.45) is 5.92 Å². The van der Waals surface area contributed by atoms with E-state index < -0.39 is 6.29 Å². The first-order valence-electron chi connectivity index (χ1n) is 12.4. The molecule has 194 valence electrons. The highest BCUT2D eigenvalue weighted by atomic mass is 16.7. The van der Waals surface area contributed by atoms with Gasteiger partial charge < -0.3 is 33.2 Å². The Bertz CT molecular complexity index is 1400. The van der Waals surface area contributed by atoms with E-state index in [1.807, 2.05) is 25.1 Å². The monoisotopic (exact) mass is 506 g/mol. The van der Waals surface area contributed by atoms with Crippen molar-refractivity contribution in [3.05, 3.63) is 52.6 Å². The summed E-state index contributed by atoms with van der Waals surface area (Å²) in [6, 6.07) is 9.95. The predicted octanol–water partition coefficient (Wildman–Crippen LogP) is 4.92. The maximum atomic E-state index is 13.2. The van der Waals surface area contributed by atoms with Crippen LogP contribution in [0.1, 0.15) is 34.0 Å². The highest BCUT2D eigenvalue weighted by Gasteiger charge is 2.41. The van der Waals surface area contributed by atoms with Crippen LogP contribution in [-0.2, 0) is 25.6 Å². The van der Waals surface area contributed by atoms with Crippen molar-refractivity contribution in [2.45, 2.75) is 45.9 Å². The summed E-state index contributed by atoms with van der Waals surface area (Å²) in [5.74, 6) is 1.44. The SMILES string of the molecule is CO[C@@H]1[C@@H](C)[C@H](Oc2c3c(c(-c4ccc5c(c4)OCO5)c4cc(C)c(C)cc24)C(=O)OC3)OC[C@H]1OC. The number of esters is 1. The zero-order chi connectivity index (χ0) is 25.8. The average molecular weight is 507 g/mol. The molecule has 0 N–H and O–H groups in total. The number of benzene rings is 3. The molecule has 3 aromatic carbocycles. The number of hydrogen-bond donors (Lipinski definition) is 0. The molecule has 0 aromatic heterocycles. The third-order valence-electron chi connectivity index (χ3n) is 7.73. The van der Waals surface area contributed by atoms with E-state index in [2.05, 4.69) is 26.0 Å². The Morgan fingerprint density at radius 3 is 2.41 bits per heavy atom. The van der Waals surface area contributed by atoms with Crippen LogP contribution in [0.25, 0.3) is 21.9 Å². The molecule has 3 aliphatic heterocycles. The van der Waals surface area contributed by atoms with Crippen molar-refractivity contribution in [1.82, 2.24) is 0 Å². The molecule has 0 unspecified atom stereocenters. The van der Waals surface area contributed by atoms with Gasteiger partial charge >= 0.3 is 5.97 Å². The van der Waals surface area contributed by atoms with Crippen molar-refractivity contribution < 1.29 is 38.0 Å². The summed E-state index contributed by atoms with van der Waals surface area (Å²) >= 11 is 0. The van der Waals surface area contributed by atoms with Gasteiger partial charge in [-0.15, -0.1) is 0 Å². The van der Waals surface area contributed by atoms with Gasteiger partial charge in [0.1, 0.15) is 18.5 Å². The number of aryl methyl sites for hydroxylation is 2. The third-order valence-corrected chi connectivity index (χ3v) is 7.73. The van der Waals surface area contributed by atoms with Gasteiger partial charge in [0.2, 0.25) is 13.1 Å². The summed E-state index contributed by atoms with van der Waals surface area (Å²) in [6.07, 6.45) is -0.972. The maximum Gasteiger partial charge on any atom is 0.339 e. The molecule has 0 radical (unpaired) electrons. The summed E-state index contributed by atoms with van der Waals surface area (Å²) in [6.45, 7) is 6.79. The molecule has 0 saturated carbocycles. The molecular formula is C29H30O8. The minimum Gasteiger partial charge on any atom is -0.463 e. The number of ether oxygens (including phenoxy) is 7. The highest BCUT2D eigenvalue weighted by Crippen LogP contribution is 2.48. The van der Waals surface area contributed by atoms with Crippen molar-refractivity contribution >= 4 is 16.7 Å². The number of carbonyl (C=O) groups excluding carboxylic acids is 1. The fraction of sp³-hybridized carbons (Fsp3) is 0.414. The summed E-state index contributed by atoms with van der Waals surface area (Å²) in [7, 11) is 3.32. The predicted molar refractivity (Wildman–Crippen MR) is 135 cm³/mol. The number of rotatable bonds is 5. The van der Waals surface area contributed by atoms with Crippen LogP contribution in [0, 0.1) is 19.8 Å². The highest BCUT2D eigenvalue weighted by molar-refractivity contribution is 6.13. The van der Waals surface area contributed by atoms with Gasteiger partial charge in [0.05, 0.1) is 18.3 Å². The Morgan fingerprint density at radius 2 is 1.65 bits per heavy atom. The molecule has 3 aliphatic rings. The van der Waals surface area contributed by atoms with Gasteiger partial charge in [-0.1, -0.05) is 19.1 Å². The van der Waals surface area contributed by atoms with E-state index in [9.17, 15) is 4.79 Å². The number of cyclic esters (lactones) is 1. The van der Waals surface area contributed by atoms with Gasteiger partial charge in [0.25, 0.3) is 0 Å². The Balaban J connectivity index is 1.54. The van der Waals surface area contributed by atoms with Gasteiger partial charge in [-0.05, 0) is 54.1 Å². The summed E-state index contributed by atoms with van der Waals surface area (Å²) in [5, 5.41) is 1.79. The first kappa shape index (κ1) is 24.0. The lowest BCUT2D eigenvalue weighted by molar-refractivity contribution is -0.226. The van der Waals surface area contributed by atoms with E-state index in [0.717, 1.165) is 33.0 Å². The molecule has 0 spiro atoms. The van der Waals surface area contributed by atoms with E-state index >= 15 is 0 Å². The van der Waals surface area contributed by atoms with Crippen LogP contribution in [0.5, 0.6) is 17.2 Å². The lowest BCUT2D eigenvalue weighted by Crippen LogP contribution is -2.51. The zero-order valence-electron chi connectivity index (χ0n) is 21.6. The quantitative estimate of drug-likeness (QED) is 0.451. The molecule has 37 heavy (non-hydrogen) atoms. The number of hydrogen-bond acceptors (Lipinski definition) is 8. The van der Waals surface area contributed by atoms with Crippen molar-refractivity contribution in [3.63, 3.8) is 0 Å². The molecule has 0 bridgehead atoms. The normalized spacial score (nSPS) is 24.3. The molecule has 6 rings (SSSR count). The summed E-state index contributed by atoms with van der Waals surface area (Å²) in [5.41, 5.74) is 5.09. The lowest BCUT2D eigenvalue weighted by atomic mass is 9.87. The first-order chi connectivity index (χ1) is 17.9. The van der Waals surface area contributed by atoms with Gasteiger partial charge in [-0.3, -0.25) is 0 Å². The molecule has 8 nitrogen and oxygen atoms in total. The van der Waals surface area contributed by atoms with Crippen LogP contribution in [-0.4, -0.2) is 52.1 Å². The van der Waals surface area contributed by atoms with Crippen LogP contribution in [0.2, 0.25) is 0 Å². The van der Waals surface area contributed by atoms with Crippen molar-refractivity contribution in [2.75, 3.05) is 27.6 Å². The largest absolute Gasteiger partial charge is 0.463 e.